The lowest BCUT2D eigenvalue weighted by molar-refractivity contribution is -0.139. The van der Waals surface area contributed by atoms with Crippen LogP contribution >= 0.6 is 11.6 Å². The first-order valence-corrected chi connectivity index (χ1v) is 9.90. The molecule has 148 valence electrons. The van der Waals surface area contributed by atoms with Crippen LogP contribution in [0, 0.1) is 12.7 Å². The van der Waals surface area contributed by atoms with E-state index in [9.17, 15) is 14.0 Å². The number of carbonyl (C=O) groups excluding carboxylic acids is 1. The first-order chi connectivity index (χ1) is 13.4. The van der Waals surface area contributed by atoms with Crippen LogP contribution in [0.25, 0.3) is 0 Å². The summed E-state index contributed by atoms with van der Waals surface area (Å²) < 4.78 is 21.5. The van der Waals surface area contributed by atoms with Gasteiger partial charge in [0, 0.05) is 34.8 Å². The Hall–Kier alpha value is -2.34. The predicted octanol–water partition coefficient (Wildman–Crippen LogP) is 3.51. The van der Waals surface area contributed by atoms with E-state index in [0.717, 1.165) is 18.5 Å². The molecular weight excluding hydrogens is 383 g/mol. The summed E-state index contributed by atoms with van der Waals surface area (Å²) in [5.41, 5.74) is 1.24. The molecule has 4 rings (SSSR count). The van der Waals surface area contributed by atoms with Crippen molar-refractivity contribution in [3.63, 3.8) is 0 Å². The van der Waals surface area contributed by atoms with Crippen molar-refractivity contribution >= 4 is 17.5 Å². The molecule has 2 aromatic rings. The molecule has 2 heterocycles. The van der Waals surface area contributed by atoms with Crippen LogP contribution in [0.15, 0.2) is 35.1 Å². The molecule has 1 saturated carbocycles. The number of amides is 1. The van der Waals surface area contributed by atoms with Crippen molar-refractivity contribution in [1.82, 2.24) is 9.47 Å². The number of aromatic nitrogens is 1. The van der Waals surface area contributed by atoms with Gasteiger partial charge in [-0.25, -0.2) is 4.39 Å². The topological polar surface area (TPSA) is 51.5 Å². The summed E-state index contributed by atoms with van der Waals surface area (Å²) in [7, 11) is 0. The van der Waals surface area contributed by atoms with Gasteiger partial charge in [0.2, 0.25) is 5.91 Å². The summed E-state index contributed by atoms with van der Waals surface area (Å²) in [6.45, 7) is 2.85. The Kier molecular flexibility index (Phi) is 5.15. The monoisotopic (exact) mass is 404 g/mol. The molecule has 0 radical (unpaired) electrons. The first kappa shape index (κ1) is 19.0. The third-order valence-electron chi connectivity index (χ3n) is 5.30. The Labute approximate surface area is 167 Å². The van der Waals surface area contributed by atoms with Crippen molar-refractivity contribution in [2.45, 2.75) is 44.8 Å². The molecule has 1 aromatic carbocycles. The molecule has 2 aliphatic rings. The summed E-state index contributed by atoms with van der Waals surface area (Å²) in [6.07, 6.45) is 2.45. The molecule has 0 bridgehead atoms. The molecule has 5 nitrogen and oxygen atoms in total. The fraction of sp³-hybridized carbons (Fsp3) is 0.429. The number of rotatable bonds is 6. The number of likely N-dealkylation sites (tertiary alicyclic amines) is 1. The number of carbonyl (C=O) groups is 1. The Morgan fingerprint density at radius 1 is 1.29 bits per heavy atom. The third kappa shape index (κ3) is 3.92. The quantitative estimate of drug-likeness (QED) is 0.740. The molecule has 1 aliphatic heterocycles. The number of halogens is 2. The smallest absolute Gasteiger partial charge is 0.254 e. The van der Waals surface area contributed by atoms with Gasteiger partial charge in [0.25, 0.3) is 5.56 Å². The lowest BCUT2D eigenvalue weighted by Crippen LogP contribution is -2.56. The number of pyridine rings is 1. The third-order valence-corrected chi connectivity index (χ3v) is 5.65. The summed E-state index contributed by atoms with van der Waals surface area (Å²) in [5.74, 6) is 0.107. The SMILES string of the molecule is Cc1cc(OC2CN(C(=O)CCc3c(F)cccc3Cl)C2)cc(=O)n1C1CC1. The minimum Gasteiger partial charge on any atom is -0.486 e. The maximum Gasteiger partial charge on any atom is 0.254 e. The van der Waals surface area contributed by atoms with Gasteiger partial charge in [0.05, 0.1) is 13.1 Å². The van der Waals surface area contributed by atoms with E-state index in [0.29, 0.717) is 35.5 Å². The van der Waals surface area contributed by atoms with Gasteiger partial charge in [-0.15, -0.1) is 0 Å². The van der Waals surface area contributed by atoms with Gasteiger partial charge in [-0.1, -0.05) is 17.7 Å². The number of hydrogen-bond donors (Lipinski definition) is 0. The van der Waals surface area contributed by atoms with Crippen LogP contribution in [-0.2, 0) is 11.2 Å². The second-order valence-corrected chi connectivity index (χ2v) is 7.92. The van der Waals surface area contributed by atoms with E-state index in [1.807, 2.05) is 17.6 Å². The second-order valence-electron chi connectivity index (χ2n) is 7.51. The molecule has 7 heteroatoms. The van der Waals surface area contributed by atoms with Crippen molar-refractivity contribution in [1.29, 1.82) is 0 Å². The van der Waals surface area contributed by atoms with Crippen molar-refractivity contribution in [3.8, 4) is 5.75 Å². The highest BCUT2D eigenvalue weighted by Gasteiger charge is 2.32. The lowest BCUT2D eigenvalue weighted by Gasteiger charge is -2.39. The van der Waals surface area contributed by atoms with Crippen LogP contribution in [0.4, 0.5) is 4.39 Å². The minimum atomic E-state index is -0.388. The van der Waals surface area contributed by atoms with E-state index >= 15 is 0 Å². The molecule has 1 aliphatic carbocycles. The van der Waals surface area contributed by atoms with Gasteiger partial charge in [-0.05, 0) is 44.4 Å². The Bertz CT molecular complexity index is 944. The molecule has 1 amide bonds. The normalized spacial score (nSPS) is 16.8. The largest absolute Gasteiger partial charge is 0.486 e. The van der Waals surface area contributed by atoms with Crippen molar-refractivity contribution in [2.24, 2.45) is 0 Å². The van der Waals surface area contributed by atoms with Gasteiger partial charge >= 0.3 is 0 Å². The summed E-state index contributed by atoms with van der Waals surface area (Å²) in [5, 5.41) is 0.342. The van der Waals surface area contributed by atoms with E-state index in [2.05, 4.69) is 0 Å². The molecule has 0 atom stereocenters. The Morgan fingerprint density at radius 3 is 2.68 bits per heavy atom. The number of ether oxygens (including phenoxy) is 1. The summed E-state index contributed by atoms with van der Waals surface area (Å²) >= 11 is 6.00. The van der Waals surface area contributed by atoms with Crippen molar-refractivity contribution < 1.29 is 13.9 Å². The van der Waals surface area contributed by atoms with Gasteiger partial charge < -0.3 is 14.2 Å². The standard InChI is InChI=1S/C21H22ClFN2O3/c1-13-9-15(10-21(27)25(13)14-5-6-14)28-16-11-24(12-16)20(26)8-7-17-18(22)3-2-4-19(17)23/h2-4,9-10,14,16H,5-8,11-12H2,1H3. The van der Waals surface area contributed by atoms with Crippen LogP contribution in [0.5, 0.6) is 5.75 Å². The molecule has 0 spiro atoms. The van der Waals surface area contributed by atoms with E-state index in [4.69, 9.17) is 16.3 Å². The van der Waals surface area contributed by atoms with Gasteiger partial charge in [-0.3, -0.25) is 9.59 Å². The Balaban J connectivity index is 1.29. The second kappa shape index (κ2) is 7.59. The average molecular weight is 405 g/mol. The zero-order valence-electron chi connectivity index (χ0n) is 15.7. The molecule has 28 heavy (non-hydrogen) atoms. The van der Waals surface area contributed by atoms with E-state index in [1.54, 1.807) is 17.0 Å². The number of aryl methyl sites for hydroxylation is 1. The average Bonchev–Trinajstić information content (AvgIpc) is 3.41. The van der Waals surface area contributed by atoms with E-state index in [1.165, 1.54) is 12.1 Å². The number of benzene rings is 1. The van der Waals surface area contributed by atoms with Crippen molar-refractivity contribution in [3.05, 3.63) is 62.8 Å². The Morgan fingerprint density at radius 2 is 2.04 bits per heavy atom. The molecule has 1 aromatic heterocycles. The number of hydrogen-bond acceptors (Lipinski definition) is 3. The predicted molar refractivity (Wildman–Crippen MR) is 104 cm³/mol. The van der Waals surface area contributed by atoms with Gasteiger partial charge in [0.1, 0.15) is 17.7 Å². The fourth-order valence-corrected chi connectivity index (χ4v) is 3.88. The lowest BCUT2D eigenvalue weighted by atomic mass is 10.1. The highest BCUT2D eigenvalue weighted by atomic mass is 35.5. The highest BCUT2D eigenvalue weighted by molar-refractivity contribution is 6.31. The zero-order chi connectivity index (χ0) is 19.8. The molecule has 2 fully saturated rings. The fourth-order valence-electron chi connectivity index (χ4n) is 3.62. The van der Waals surface area contributed by atoms with Crippen LogP contribution in [0.3, 0.4) is 0 Å². The van der Waals surface area contributed by atoms with Crippen LogP contribution < -0.4 is 10.3 Å². The molecule has 0 unspecified atom stereocenters. The first-order valence-electron chi connectivity index (χ1n) is 9.53. The summed E-state index contributed by atoms with van der Waals surface area (Å²) in [6, 6.07) is 8.25. The van der Waals surface area contributed by atoms with Crippen LogP contribution in [-0.4, -0.2) is 34.6 Å². The molecule has 0 N–H and O–H groups in total. The molecule has 1 saturated heterocycles. The van der Waals surface area contributed by atoms with Crippen molar-refractivity contribution in [2.75, 3.05) is 13.1 Å². The van der Waals surface area contributed by atoms with Gasteiger partial charge in [0.15, 0.2) is 0 Å². The maximum absolute atomic E-state index is 13.8. The summed E-state index contributed by atoms with van der Waals surface area (Å²) in [4.78, 5) is 26.2. The maximum atomic E-state index is 13.8. The van der Waals surface area contributed by atoms with Crippen LogP contribution in [0.2, 0.25) is 5.02 Å². The highest BCUT2D eigenvalue weighted by Crippen LogP contribution is 2.35. The minimum absolute atomic E-state index is 0.0356. The van der Waals surface area contributed by atoms with E-state index in [-0.39, 0.29) is 36.2 Å². The number of nitrogens with zero attached hydrogens (tertiary/aromatic N) is 2. The van der Waals surface area contributed by atoms with E-state index < -0.39 is 0 Å². The molecular formula is C21H22ClFN2O3. The zero-order valence-corrected chi connectivity index (χ0v) is 16.4. The van der Waals surface area contributed by atoms with Crippen LogP contribution in [0.1, 0.15) is 36.6 Å². The van der Waals surface area contributed by atoms with Gasteiger partial charge in [-0.2, -0.15) is 0 Å².